The molecule has 0 bridgehead atoms. The Morgan fingerprint density at radius 2 is 1.85 bits per heavy atom. The fourth-order valence-corrected chi connectivity index (χ4v) is 3.07. The molecule has 5 heteroatoms. The van der Waals surface area contributed by atoms with Gasteiger partial charge in [0.1, 0.15) is 11.5 Å². The van der Waals surface area contributed by atoms with Gasteiger partial charge in [-0.3, -0.25) is 9.69 Å². The quantitative estimate of drug-likeness (QED) is 0.668. The highest BCUT2D eigenvalue weighted by atomic mass is 16.3. The summed E-state index contributed by atoms with van der Waals surface area (Å²) < 4.78 is 5.40. The van der Waals surface area contributed by atoms with Gasteiger partial charge in [0.15, 0.2) is 0 Å². The molecule has 0 aliphatic rings. The largest absolute Gasteiger partial charge is 0.508 e. The average molecular weight is 364 g/mol. The molecule has 0 atom stereocenters. The number of carbonyl (C=O) groups excluding carboxylic acids is 1. The van der Waals surface area contributed by atoms with Gasteiger partial charge in [0, 0.05) is 18.7 Å². The zero-order valence-electron chi connectivity index (χ0n) is 15.6. The zero-order chi connectivity index (χ0) is 19.2. The van der Waals surface area contributed by atoms with Crippen molar-refractivity contribution in [1.29, 1.82) is 0 Å². The highest BCUT2D eigenvalue weighted by Crippen LogP contribution is 2.17. The van der Waals surface area contributed by atoms with E-state index in [2.05, 4.69) is 16.3 Å². The Labute approximate surface area is 159 Å². The minimum absolute atomic E-state index is 0.147. The van der Waals surface area contributed by atoms with Crippen molar-refractivity contribution in [1.82, 2.24) is 10.2 Å². The van der Waals surface area contributed by atoms with Crippen LogP contribution in [0.1, 0.15) is 32.8 Å². The van der Waals surface area contributed by atoms with Crippen molar-refractivity contribution in [3.63, 3.8) is 0 Å². The average Bonchev–Trinajstić information content (AvgIpc) is 3.13. The van der Waals surface area contributed by atoms with E-state index in [0.717, 1.165) is 35.5 Å². The van der Waals surface area contributed by atoms with Crippen molar-refractivity contribution in [2.75, 3.05) is 7.05 Å². The van der Waals surface area contributed by atoms with Gasteiger partial charge in [-0.1, -0.05) is 24.3 Å². The van der Waals surface area contributed by atoms with Crippen LogP contribution in [0.4, 0.5) is 0 Å². The molecular weight excluding hydrogens is 340 g/mol. The zero-order valence-corrected chi connectivity index (χ0v) is 15.6. The molecule has 27 heavy (non-hydrogen) atoms. The van der Waals surface area contributed by atoms with E-state index in [1.165, 1.54) is 6.07 Å². The van der Waals surface area contributed by atoms with E-state index in [1.54, 1.807) is 18.4 Å². The summed E-state index contributed by atoms with van der Waals surface area (Å²) in [7, 11) is 2.04. The van der Waals surface area contributed by atoms with Gasteiger partial charge in [0.2, 0.25) is 0 Å². The summed E-state index contributed by atoms with van der Waals surface area (Å²) in [6.07, 6.45) is 1.68. The van der Waals surface area contributed by atoms with Crippen LogP contribution in [0, 0.1) is 6.92 Å². The van der Waals surface area contributed by atoms with Crippen LogP contribution in [0.3, 0.4) is 0 Å². The van der Waals surface area contributed by atoms with E-state index in [4.69, 9.17) is 4.42 Å². The monoisotopic (exact) mass is 364 g/mol. The lowest BCUT2D eigenvalue weighted by Crippen LogP contribution is -2.25. The number of benzene rings is 2. The smallest absolute Gasteiger partial charge is 0.251 e. The molecule has 2 aromatic carbocycles. The van der Waals surface area contributed by atoms with Crippen molar-refractivity contribution < 1.29 is 14.3 Å². The summed E-state index contributed by atoms with van der Waals surface area (Å²) in [6.45, 7) is 3.74. The van der Waals surface area contributed by atoms with Crippen LogP contribution in [-0.4, -0.2) is 23.0 Å². The lowest BCUT2D eigenvalue weighted by Gasteiger charge is -2.18. The summed E-state index contributed by atoms with van der Waals surface area (Å²) in [4.78, 5) is 14.6. The Kier molecular flexibility index (Phi) is 5.94. The van der Waals surface area contributed by atoms with E-state index in [-0.39, 0.29) is 11.7 Å². The number of hydrogen-bond donors (Lipinski definition) is 2. The summed E-state index contributed by atoms with van der Waals surface area (Å²) in [6, 6.07) is 16.7. The summed E-state index contributed by atoms with van der Waals surface area (Å²) in [5, 5.41) is 12.5. The topological polar surface area (TPSA) is 65.7 Å². The second-order valence-corrected chi connectivity index (χ2v) is 6.70. The fourth-order valence-electron chi connectivity index (χ4n) is 3.07. The third kappa shape index (κ3) is 4.99. The molecule has 1 aromatic heterocycles. The first kappa shape index (κ1) is 18.7. The Hall–Kier alpha value is -3.05. The molecular formula is C22H24N2O3. The van der Waals surface area contributed by atoms with Crippen molar-refractivity contribution in [3.8, 4) is 5.75 Å². The molecule has 0 saturated heterocycles. The predicted molar refractivity (Wildman–Crippen MR) is 104 cm³/mol. The standard InChI is InChI=1S/C22H24N2O3/c1-16-12-19(25)9-10-21(16)22(26)23-13-17-6-3-4-7-18(17)14-24(2)15-20-8-5-11-27-20/h3-12,25H,13-15H2,1-2H3,(H,23,26). The number of hydrogen-bond acceptors (Lipinski definition) is 4. The Morgan fingerprint density at radius 1 is 1.07 bits per heavy atom. The number of aromatic hydroxyl groups is 1. The molecule has 0 unspecified atom stereocenters. The highest BCUT2D eigenvalue weighted by Gasteiger charge is 2.11. The lowest BCUT2D eigenvalue weighted by atomic mass is 10.1. The van der Waals surface area contributed by atoms with Gasteiger partial charge in [0.05, 0.1) is 12.8 Å². The lowest BCUT2D eigenvalue weighted by molar-refractivity contribution is 0.0950. The van der Waals surface area contributed by atoms with Crippen LogP contribution < -0.4 is 5.32 Å². The maximum Gasteiger partial charge on any atom is 0.251 e. The van der Waals surface area contributed by atoms with Crippen LogP contribution in [0.25, 0.3) is 0 Å². The molecule has 2 N–H and O–H groups in total. The first-order valence-electron chi connectivity index (χ1n) is 8.88. The van der Waals surface area contributed by atoms with E-state index >= 15 is 0 Å². The molecule has 0 spiro atoms. The second-order valence-electron chi connectivity index (χ2n) is 6.70. The highest BCUT2D eigenvalue weighted by molar-refractivity contribution is 5.95. The third-order valence-corrected chi connectivity index (χ3v) is 4.46. The van der Waals surface area contributed by atoms with Gasteiger partial charge in [-0.2, -0.15) is 0 Å². The summed E-state index contributed by atoms with van der Waals surface area (Å²) in [5.41, 5.74) is 3.56. The number of amides is 1. The molecule has 1 amide bonds. The molecule has 0 aliphatic carbocycles. The van der Waals surface area contributed by atoms with Gasteiger partial charge < -0.3 is 14.8 Å². The number of nitrogens with zero attached hydrogens (tertiary/aromatic N) is 1. The molecule has 0 fully saturated rings. The van der Waals surface area contributed by atoms with Crippen molar-refractivity contribution >= 4 is 5.91 Å². The van der Waals surface area contributed by atoms with Crippen LogP contribution in [-0.2, 0) is 19.6 Å². The normalized spacial score (nSPS) is 10.9. The molecule has 0 saturated carbocycles. The Balaban J connectivity index is 1.64. The van der Waals surface area contributed by atoms with Gasteiger partial charge in [0.25, 0.3) is 5.91 Å². The van der Waals surface area contributed by atoms with E-state index in [0.29, 0.717) is 12.1 Å². The minimum atomic E-state index is -0.147. The maximum absolute atomic E-state index is 12.5. The number of phenolic OH excluding ortho intramolecular Hbond substituents is 1. The number of carbonyl (C=O) groups is 1. The van der Waals surface area contributed by atoms with Gasteiger partial charge in [-0.15, -0.1) is 0 Å². The molecule has 3 rings (SSSR count). The Morgan fingerprint density at radius 3 is 2.56 bits per heavy atom. The number of furan rings is 1. The van der Waals surface area contributed by atoms with Gasteiger partial charge in [-0.05, 0) is 61.0 Å². The number of rotatable bonds is 7. The van der Waals surface area contributed by atoms with Gasteiger partial charge >= 0.3 is 0 Å². The number of nitrogens with one attached hydrogen (secondary N) is 1. The first-order valence-corrected chi connectivity index (χ1v) is 8.88. The third-order valence-electron chi connectivity index (χ3n) is 4.46. The molecule has 140 valence electrons. The molecule has 5 nitrogen and oxygen atoms in total. The van der Waals surface area contributed by atoms with Crippen LogP contribution in [0.15, 0.2) is 65.3 Å². The van der Waals surface area contributed by atoms with Gasteiger partial charge in [-0.25, -0.2) is 0 Å². The number of aryl methyl sites for hydroxylation is 1. The van der Waals surface area contributed by atoms with Crippen molar-refractivity contribution in [3.05, 3.63) is 88.9 Å². The summed E-state index contributed by atoms with van der Waals surface area (Å²) in [5.74, 6) is 0.936. The van der Waals surface area contributed by atoms with Crippen molar-refractivity contribution in [2.24, 2.45) is 0 Å². The Bertz CT molecular complexity index is 904. The number of phenols is 1. The molecule has 0 aliphatic heterocycles. The van der Waals surface area contributed by atoms with E-state index < -0.39 is 0 Å². The summed E-state index contributed by atoms with van der Waals surface area (Å²) >= 11 is 0. The fraction of sp³-hybridized carbons (Fsp3) is 0.227. The second kappa shape index (κ2) is 8.56. The molecule has 3 aromatic rings. The SMILES string of the molecule is Cc1cc(O)ccc1C(=O)NCc1ccccc1CN(C)Cc1ccco1. The minimum Gasteiger partial charge on any atom is -0.508 e. The van der Waals surface area contributed by atoms with Crippen LogP contribution in [0.5, 0.6) is 5.75 Å². The maximum atomic E-state index is 12.5. The van der Waals surface area contributed by atoms with Crippen molar-refractivity contribution in [2.45, 2.75) is 26.6 Å². The van der Waals surface area contributed by atoms with E-state index in [9.17, 15) is 9.90 Å². The van der Waals surface area contributed by atoms with Crippen LogP contribution >= 0.6 is 0 Å². The van der Waals surface area contributed by atoms with Crippen LogP contribution in [0.2, 0.25) is 0 Å². The molecule has 1 heterocycles. The predicted octanol–water partition coefficient (Wildman–Crippen LogP) is 3.86. The first-order chi connectivity index (χ1) is 13.0. The van der Waals surface area contributed by atoms with E-state index in [1.807, 2.05) is 44.3 Å². The molecule has 0 radical (unpaired) electrons.